The van der Waals surface area contributed by atoms with Gasteiger partial charge < -0.3 is 14.2 Å². The zero-order valence-electron chi connectivity index (χ0n) is 11.8. The van der Waals surface area contributed by atoms with E-state index >= 15 is 0 Å². The quantitative estimate of drug-likeness (QED) is 0.345. The molecule has 1 rings (SSSR count). The first-order chi connectivity index (χ1) is 9.62. The van der Waals surface area contributed by atoms with Crippen LogP contribution in [0, 0.1) is 0 Å². The van der Waals surface area contributed by atoms with Gasteiger partial charge in [-0.3, -0.25) is 0 Å². The van der Waals surface area contributed by atoms with Crippen LogP contribution in [0.5, 0.6) is 5.75 Å². The van der Waals surface area contributed by atoms with Crippen LogP contribution in [0.2, 0.25) is 0 Å². The summed E-state index contributed by atoms with van der Waals surface area (Å²) in [5.41, 5.74) is 0.493. The Hall–Kier alpha value is -2.30. The summed E-state index contributed by atoms with van der Waals surface area (Å²) in [5, 5.41) is 0. The molecule has 0 atom stereocenters. The first kappa shape index (κ1) is 15.8. The predicted molar refractivity (Wildman–Crippen MR) is 74.2 cm³/mol. The van der Waals surface area contributed by atoms with Crippen molar-refractivity contribution in [2.24, 2.45) is 0 Å². The van der Waals surface area contributed by atoms with Crippen LogP contribution in [0.15, 0.2) is 29.8 Å². The molecule has 20 heavy (non-hydrogen) atoms. The van der Waals surface area contributed by atoms with Crippen LogP contribution < -0.4 is 4.74 Å². The Labute approximate surface area is 118 Å². The summed E-state index contributed by atoms with van der Waals surface area (Å²) in [7, 11) is 2.42. The second-order valence-electron chi connectivity index (χ2n) is 3.96. The average Bonchev–Trinajstić information content (AvgIpc) is 2.49. The Kier molecular flexibility index (Phi) is 6.29. The minimum absolute atomic E-state index is 0.164. The van der Waals surface area contributed by atoms with Crippen molar-refractivity contribution < 1.29 is 23.8 Å². The topological polar surface area (TPSA) is 61.8 Å². The highest BCUT2D eigenvalue weighted by Crippen LogP contribution is 2.17. The smallest absolute Gasteiger partial charge is 0.345 e. The monoisotopic (exact) mass is 278 g/mol. The molecule has 0 amide bonds. The predicted octanol–water partition coefficient (Wildman–Crippen LogP) is 2.20. The number of rotatable bonds is 6. The lowest BCUT2D eigenvalue weighted by Crippen LogP contribution is -2.15. The van der Waals surface area contributed by atoms with E-state index in [0.29, 0.717) is 17.9 Å². The molecule has 108 valence electrons. The highest BCUT2D eigenvalue weighted by molar-refractivity contribution is 6.17. The molecule has 0 spiro atoms. The minimum atomic E-state index is -0.739. The SMILES string of the molecule is CCCOc1cccc(C=C(C(=O)OC)C(=O)OC)c1. The fourth-order valence-electron chi connectivity index (χ4n) is 1.50. The molecular formula is C15H18O5. The van der Waals surface area contributed by atoms with E-state index < -0.39 is 11.9 Å². The number of benzene rings is 1. The Bertz CT molecular complexity index is 487. The van der Waals surface area contributed by atoms with Gasteiger partial charge in [-0.15, -0.1) is 0 Å². The van der Waals surface area contributed by atoms with Gasteiger partial charge in [-0.2, -0.15) is 0 Å². The van der Waals surface area contributed by atoms with Crippen LogP contribution in [0.25, 0.3) is 6.08 Å². The van der Waals surface area contributed by atoms with Gasteiger partial charge in [0.05, 0.1) is 20.8 Å². The van der Waals surface area contributed by atoms with Crippen molar-refractivity contribution in [3.63, 3.8) is 0 Å². The van der Waals surface area contributed by atoms with E-state index in [0.717, 1.165) is 6.42 Å². The van der Waals surface area contributed by atoms with Crippen molar-refractivity contribution in [3.05, 3.63) is 35.4 Å². The van der Waals surface area contributed by atoms with Crippen molar-refractivity contribution in [1.29, 1.82) is 0 Å². The summed E-state index contributed by atoms with van der Waals surface area (Å²) in [6.45, 7) is 2.62. The standard InChI is InChI=1S/C15H18O5/c1-4-8-20-12-7-5-6-11(9-12)10-13(14(16)18-2)15(17)19-3/h5-7,9-10H,4,8H2,1-3H3. The second kappa shape index (κ2) is 7.99. The molecule has 5 heteroatoms. The van der Waals surface area contributed by atoms with E-state index in [-0.39, 0.29) is 5.57 Å². The number of methoxy groups -OCH3 is 2. The van der Waals surface area contributed by atoms with Crippen molar-refractivity contribution >= 4 is 18.0 Å². The first-order valence-corrected chi connectivity index (χ1v) is 6.23. The molecule has 1 aromatic carbocycles. The van der Waals surface area contributed by atoms with E-state index in [2.05, 4.69) is 9.47 Å². The zero-order valence-corrected chi connectivity index (χ0v) is 11.8. The molecule has 0 N–H and O–H groups in total. The third-order valence-electron chi connectivity index (χ3n) is 2.45. The third-order valence-corrected chi connectivity index (χ3v) is 2.45. The molecule has 0 saturated heterocycles. The summed E-state index contributed by atoms with van der Waals surface area (Å²) >= 11 is 0. The summed E-state index contributed by atoms with van der Waals surface area (Å²) in [6, 6.07) is 7.08. The first-order valence-electron chi connectivity index (χ1n) is 6.23. The van der Waals surface area contributed by atoms with Gasteiger partial charge in [-0.05, 0) is 30.2 Å². The molecule has 0 heterocycles. The Balaban J connectivity index is 3.04. The lowest BCUT2D eigenvalue weighted by molar-refractivity contribution is -0.143. The molecule has 0 fully saturated rings. The van der Waals surface area contributed by atoms with E-state index in [9.17, 15) is 9.59 Å². The highest BCUT2D eigenvalue weighted by atomic mass is 16.5. The lowest BCUT2D eigenvalue weighted by atomic mass is 10.1. The summed E-state index contributed by atoms with van der Waals surface area (Å²) < 4.78 is 14.6. The van der Waals surface area contributed by atoms with E-state index in [1.54, 1.807) is 18.2 Å². The number of carbonyl (C=O) groups excluding carboxylic acids is 2. The summed E-state index contributed by atoms with van der Waals surface area (Å²) in [5.74, 6) is -0.803. The van der Waals surface area contributed by atoms with Gasteiger partial charge in [0.2, 0.25) is 0 Å². The van der Waals surface area contributed by atoms with Gasteiger partial charge in [0.1, 0.15) is 11.3 Å². The Morgan fingerprint density at radius 2 is 1.80 bits per heavy atom. The average molecular weight is 278 g/mol. The fraction of sp³-hybridized carbons (Fsp3) is 0.333. The molecule has 1 aromatic rings. The van der Waals surface area contributed by atoms with Gasteiger partial charge >= 0.3 is 11.9 Å². The Morgan fingerprint density at radius 3 is 2.35 bits per heavy atom. The molecule has 0 aliphatic carbocycles. The highest BCUT2D eigenvalue weighted by Gasteiger charge is 2.19. The molecule has 0 aliphatic heterocycles. The Morgan fingerprint density at radius 1 is 1.15 bits per heavy atom. The molecule has 5 nitrogen and oxygen atoms in total. The van der Waals surface area contributed by atoms with Crippen LogP contribution in [0.4, 0.5) is 0 Å². The molecular weight excluding hydrogens is 260 g/mol. The maximum Gasteiger partial charge on any atom is 0.345 e. The molecule has 0 aliphatic rings. The van der Waals surface area contributed by atoms with Crippen LogP contribution in [0.1, 0.15) is 18.9 Å². The number of ether oxygens (including phenoxy) is 3. The molecule has 0 radical (unpaired) electrons. The minimum Gasteiger partial charge on any atom is -0.494 e. The fourth-order valence-corrected chi connectivity index (χ4v) is 1.50. The summed E-state index contributed by atoms with van der Waals surface area (Å²) in [4.78, 5) is 23.1. The van der Waals surface area contributed by atoms with Crippen LogP contribution in [-0.2, 0) is 19.1 Å². The third kappa shape index (κ3) is 4.42. The van der Waals surface area contributed by atoms with Gasteiger partial charge in [0.15, 0.2) is 0 Å². The lowest BCUT2D eigenvalue weighted by Gasteiger charge is -2.06. The number of hydrogen-bond acceptors (Lipinski definition) is 5. The largest absolute Gasteiger partial charge is 0.494 e. The zero-order chi connectivity index (χ0) is 15.0. The number of hydrogen-bond donors (Lipinski definition) is 0. The van der Waals surface area contributed by atoms with E-state index in [1.807, 2.05) is 13.0 Å². The second-order valence-corrected chi connectivity index (χ2v) is 3.96. The van der Waals surface area contributed by atoms with E-state index in [1.165, 1.54) is 20.3 Å². The number of esters is 2. The molecule has 0 aromatic heterocycles. The van der Waals surface area contributed by atoms with Crippen LogP contribution >= 0.6 is 0 Å². The molecule has 0 bridgehead atoms. The van der Waals surface area contributed by atoms with Gasteiger partial charge in [-0.25, -0.2) is 9.59 Å². The molecule has 0 saturated carbocycles. The summed E-state index contributed by atoms with van der Waals surface area (Å²) in [6.07, 6.45) is 2.31. The normalized spacial score (nSPS) is 9.55. The van der Waals surface area contributed by atoms with Gasteiger partial charge in [0, 0.05) is 0 Å². The number of carbonyl (C=O) groups is 2. The maximum atomic E-state index is 11.6. The molecule has 0 unspecified atom stereocenters. The van der Waals surface area contributed by atoms with Crippen molar-refractivity contribution in [2.45, 2.75) is 13.3 Å². The van der Waals surface area contributed by atoms with E-state index in [4.69, 9.17) is 4.74 Å². The maximum absolute atomic E-state index is 11.6. The van der Waals surface area contributed by atoms with Crippen molar-refractivity contribution in [3.8, 4) is 5.75 Å². The van der Waals surface area contributed by atoms with Crippen molar-refractivity contribution in [1.82, 2.24) is 0 Å². The van der Waals surface area contributed by atoms with Crippen LogP contribution in [0.3, 0.4) is 0 Å². The van der Waals surface area contributed by atoms with Gasteiger partial charge in [-0.1, -0.05) is 19.1 Å². The van der Waals surface area contributed by atoms with Crippen LogP contribution in [-0.4, -0.2) is 32.8 Å². The van der Waals surface area contributed by atoms with Gasteiger partial charge in [0.25, 0.3) is 0 Å². The van der Waals surface area contributed by atoms with Crippen molar-refractivity contribution in [2.75, 3.05) is 20.8 Å².